The summed E-state index contributed by atoms with van der Waals surface area (Å²) in [4.78, 5) is 23.7. The summed E-state index contributed by atoms with van der Waals surface area (Å²) in [5, 5.41) is 11.3. The number of hydrogen-bond acceptors (Lipinski definition) is 3. The Kier molecular flexibility index (Phi) is 5.43. The first-order valence-electron chi connectivity index (χ1n) is 5.71. The number of halogens is 1. The van der Waals surface area contributed by atoms with Gasteiger partial charge in [-0.3, -0.25) is 9.59 Å². The lowest BCUT2D eigenvalue weighted by Crippen LogP contribution is -2.46. The summed E-state index contributed by atoms with van der Waals surface area (Å²) < 4.78 is 0.232. The Morgan fingerprint density at radius 1 is 1.32 bits per heavy atom. The Morgan fingerprint density at radius 2 is 1.84 bits per heavy atom. The van der Waals surface area contributed by atoms with Crippen LogP contribution in [-0.4, -0.2) is 27.8 Å². The second-order valence-corrected chi connectivity index (χ2v) is 7.21. The van der Waals surface area contributed by atoms with Gasteiger partial charge in [-0.1, -0.05) is 15.9 Å². The summed E-state index contributed by atoms with van der Waals surface area (Å²) >= 11 is 4.74. The molecule has 0 radical (unpaired) electrons. The maximum Gasteiger partial charge on any atom is 0.325 e. The van der Waals surface area contributed by atoms with E-state index in [1.807, 2.05) is 24.3 Å². The monoisotopic (exact) mass is 345 g/mol. The van der Waals surface area contributed by atoms with Crippen LogP contribution in [0.15, 0.2) is 33.6 Å². The molecule has 1 rings (SSSR count). The zero-order chi connectivity index (χ0) is 14.6. The number of carbonyl (C=O) groups excluding carboxylic acids is 1. The van der Waals surface area contributed by atoms with Gasteiger partial charge in [0.2, 0.25) is 5.91 Å². The highest BCUT2D eigenvalue weighted by molar-refractivity contribution is 9.10. The second kappa shape index (κ2) is 6.43. The molecule has 0 aliphatic carbocycles. The van der Waals surface area contributed by atoms with Crippen LogP contribution in [0.25, 0.3) is 0 Å². The van der Waals surface area contributed by atoms with Crippen LogP contribution in [0.5, 0.6) is 0 Å². The normalized spacial score (nSPS) is 12.8. The van der Waals surface area contributed by atoms with Crippen LogP contribution in [0.1, 0.15) is 20.8 Å². The SMILES string of the molecule is C[C@H](NC(=O)C(C)(C)Sc1ccc(Br)cc1)C(=O)O. The third kappa shape index (κ3) is 4.87. The Hall–Kier alpha value is -1.01. The highest BCUT2D eigenvalue weighted by atomic mass is 79.9. The third-order valence-corrected chi connectivity index (χ3v) is 4.18. The minimum Gasteiger partial charge on any atom is -0.480 e. The van der Waals surface area contributed by atoms with Crippen LogP contribution in [0, 0.1) is 0 Å². The minimum atomic E-state index is -1.04. The Labute approximate surface area is 125 Å². The molecule has 0 unspecified atom stereocenters. The van der Waals surface area contributed by atoms with Crippen molar-refractivity contribution in [1.82, 2.24) is 5.32 Å². The molecule has 0 aromatic heterocycles. The molecule has 4 nitrogen and oxygen atoms in total. The van der Waals surface area contributed by atoms with Crippen LogP contribution in [0.4, 0.5) is 0 Å². The van der Waals surface area contributed by atoms with Crippen molar-refractivity contribution in [1.29, 1.82) is 0 Å². The Bertz CT molecular complexity index is 473. The number of carboxylic acids is 1. The fourth-order valence-corrected chi connectivity index (χ4v) is 2.55. The molecule has 0 bridgehead atoms. The lowest BCUT2D eigenvalue weighted by Gasteiger charge is -2.24. The zero-order valence-corrected chi connectivity index (χ0v) is 13.3. The van der Waals surface area contributed by atoms with E-state index < -0.39 is 16.8 Å². The molecule has 0 aliphatic rings. The van der Waals surface area contributed by atoms with Crippen molar-refractivity contribution in [3.63, 3.8) is 0 Å². The number of benzene rings is 1. The molecule has 6 heteroatoms. The molecule has 0 saturated heterocycles. The maximum atomic E-state index is 12.0. The number of amides is 1. The molecule has 1 amide bonds. The number of carboxylic acid groups (broad SMARTS) is 1. The number of nitrogens with one attached hydrogen (secondary N) is 1. The summed E-state index contributed by atoms with van der Waals surface area (Å²) in [5.74, 6) is -1.34. The van der Waals surface area contributed by atoms with E-state index in [4.69, 9.17) is 5.11 Å². The number of hydrogen-bond donors (Lipinski definition) is 2. The molecule has 0 aliphatic heterocycles. The van der Waals surface area contributed by atoms with Crippen molar-refractivity contribution in [2.75, 3.05) is 0 Å². The second-order valence-electron chi connectivity index (χ2n) is 4.60. The predicted octanol–water partition coefficient (Wildman–Crippen LogP) is 2.91. The molecule has 0 fully saturated rings. The van der Waals surface area contributed by atoms with Crippen LogP contribution in [-0.2, 0) is 9.59 Å². The molecule has 0 spiro atoms. The lowest BCUT2D eigenvalue weighted by molar-refractivity contribution is -0.141. The average molecular weight is 346 g/mol. The molecular formula is C13H16BrNO3S. The molecule has 0 heterocycles. The molecule has 0 saturated carbocycles. The molecule has 2 N–H and O–H groups in total. The van der Waals surface area contributed by atoms with Gasteiger partial charge in [0.15, 0.2) is 0 Å². The summed E-state index contributed by atoms with van der Waals surface area (Å²) in [6.45, 7) is 4.98. The van der Waals surface area contributed by atoms with E-state index in [1.165, 1.54) is 18.7 Å². The molecule has 104 valence electrons. The first-order chi connectivity index (χ1) is 8.72. The van der Waals surface area contributed by atoms with E-state index in [2.05, 4.69) is 21.2 Å². The van der Waals surface area contributed by atoms with Gasteiger partial charge in [0.05, 0.1) is 4.75 Å². The summed E-state index contributed by atoms with van der Waals surface area (Å²) in [6.07, 6.45) is 0. The first-order valence-corrected chi connectivity index (χ1v) is 7.31. The van der Waals surface area contributed by atoms with E-state index in [0.29, 0.717) is 0 Å². The van der Waals surface area contributed by atoms with Crippen molar-refractivity contribution < 1.29 is 14.7 Å². The molecular weight excluding hydrogens is 330 g/mol. The van der Waals surface area contributed by atoms with Gasteiger partial charge in [0.1, 0.15) is 6.04 Å². The number of aliphatic carboxylic acids is 1. The van der Waals surface area contributed by atoms with E-state index in [-0.39, 0.29) is 5.91 Å². The Morgan fingerprint density at radius 3 is 2.32 bits per heavy atom. The Balaban J connectivity index is 2.72. The standard InChI is InChI=1S/C13H16BrNO3S/c1-8(11(16)17)15-12(18)13(2,3)19-10-6-4-9(14)5-7-10/h4-8H,1-3H3,(H,15,18)(H,16,17)/t8-/m0/s1. The number of rotatable bonds is 5. The van der Waals surface area contributed by atoms with E-state index in [1.54, 1.807) is 13.8 Å². The molecule has 19 heavy (non-hydrogen) atoms. The fraction of sp³-hybridized carbons (Fsp3) is 0.385. The minimum absolute atomic E-state index is 0.296. The van der Waals surface area contributed by atoms with Crippen molar-refractivity contribution in [2.24, 2.45) is 0 Å². The molecule has 1 atom stereocenters. The van der Waals surface area contributed by atoms with Crippen LogP contribution >= 0.6 is 27.7 Å². The van der Waals surface area contributed by atoms with Crippen molar-refractivity contribution in [3.05, 3.63) is 28.7 Å². The molecule has 1 aromatic carbocycles. The third-order valence-electron chi connectivity index (χ3n) is 2.45. The highest BCUT2D eigenvalue weighted by Gasteiger charge is 2.31. The first kappa shape index (κ1) is 16.0. The largest absolute Gasteiger partial charge is 0.480 e. The van der Waals surface area contributed by atoms with Crippen LogP contribution in [0.2, 0.25) is 0 Å². The van der Waals surface area contributed by atoms with Gasteiger partial charge in [-0.15, -0.1) is 11.8 Å². The molecule has 1 aromatic rings. The maximum absolute atomic E-state index is 12.0. The smallest absolute Gasteiger partial charge is 0.325 e. The summed E-state index contributed by atoms with van der Waals surface area (Å²) in [7, 11) is 0. The van der Waals surface area contributed by atoms with Gasteiger partial charge < -0.3 is 10.4 Å². The fourth-order valence-electron chi connectivity index (χ4n) is 1.28. The van der Waals surface area contributed by atoms with Crippen LogP contribution in [0.3, 0.4) is 0 Å². The summed E-state index contributed by atoms with van der Waals surface area (Å²) in [5.41, 5.74) is 0. The predicted molar refractivity (Wildman–Crippen MR) is 79.3 cm³/mol. The van der Waals surface area contributed by atoms with Crippen molar-refractivity contribution in [3.8, 4) is 0 Å². The van der Waals surface area contributed by atoms with Gasteiger partial charge in [0.25, 0.3) is 0 Å². The van der Waals surface area contributed by atoms with Gasteiger partial charge in [-0.25, -0.2) is 0 Å². The van der Waals surface area contributed by atoms with E-state index >= 15 is 0 Å². The number of thioether (sulfide) groups is 1. The number of carbonyl (C=O) groups is 2. The highest BCUT2D eigenvalue weighted by Crippen LogP contribution is 2.33. The lowest BCUT2D eigenvalue weighted by atomic mass is 10.2. The van der Waals surface area contributed by atoms with E-state index in [0.717, 1.165) is 9.37 Å². The van der Waals surface area contributed by atoms with Crippen molar-refractivity contribution >= 4 is 39.6 Å². The van der Waals surface area contributed by atoms with Gasteiger partial charge in [-0.2, -0.15) is 0 Å². The zero-order valence-electron chi connectivity index (χ0n) is 10.9. The van der Waals surface area contributed by atoms with Gasteiger partial charge in [0, 0.05) is 9.37 Å². The van der Waals surface area contributed by atoms with Gasteiger partial charge >= 0.3 is 5.97 Å². The average Bonchev–Trinajstić information content (AvgIpc) is 2.31. The quantitative estimate of drug-likeness (QED) is 0.805. The topological polar surface area (TPSA) is 66.4 Å². The van der Waals surface area contributed by atoms with E-state index in [9.17, 15) is 9.59 Å². The summed E-state index contributed by atoms with van der Waals surface area (Å²) in [6, 6.07) is 6.72. The van der Waals surface area contributed by atoms with Gasteiger partial charge in [-0.05, 0) is 45.0 Å². The van der Waals surface area contributed by atoms with Crippen molar-refractivity contribution in [2.45, 2.75) is 36.5 Å². The van der Waals surface area contributed by atoms with Crippen LogP contribution < -0.4 is 5.32 Å².